The fourth-order valence-electron chi connectivity index (χ4n) is 4.21. The van der Waals surface area contributed by atoms with Crippen molar-refractivity contribution in [2.75, 3.05) is 21.0 Å². The molecule has 240 valence electrons. The Bertz CT molecular complexity index is 1880. The van der Waals surface area contributed by atoms with Crippen LogP contribution in [0, 0.1) is 0 Å². The number of carbonyl (C=O) groups excluding carboxylic acids is 1. The highest BCUT2D eigenvalue weighted by molar-refractivity contribution is 7.89. The van der Waals surface area contributed by atoms with E-state index in [1.807, 2.05) is 0 Å². The Labute approximate surface area is 254 Å². The molecule has 0 bridgehead atoms. The smallest absolute Gasteiger partial charge is 0.493 e. The van der Waals surface area contributed by atoms with Crippen molar-refractivity contribution in [2.45, 2.75) is 23.6 Å². The average Bonchev–Trinajstić information content (AvgIpc) is 3.47. The van der Waals surface area contributed by atoms with E-state index in [0.29, 0.717) is 15.6 Å². The predicted octanol–water partition coefficient (Wildman–Crippen LogP) is 4.48. The Morgan fingerprint density at radius 2 is 1.67 bits per heavy atom. The van der Waals surface area contributed by atoms with Gasteiger partial charge in [0.05, 0.1) is 20.8 Å². The molecule has 0 aromatic heterocycles. The maximum absolute atomic E-state index is 14.1. The van der Waals surface area contributed by atoms with Gasteiger partial charge in [0.2, 0.25) is 12.6 Å². The molecule has 18 heteroatoms. The van der Waals surface area contributed by atoms with Gasteiger partial charge in [-0.1, -0.05) is 36.4 Å². The molecule has 13 nitrogen and oxygen atoms in total. The van der Waals surface area contributed by atoms with Gasteiger partial charge < -0.3 is 32.6 Å². The fourth-order valence-corrected chi connectivity index (χ4v) is 6.27. The number of methoxy groups -OCH3 is 2. The van der Waals surface area contributed by atoms with Crippen LogP contribution < -0.4 is 18.9 Å². The molecule has 0 saturated carbocycles. The number of alkyl halides is 3. The lowest BCUT2D eigenvalue weighted by Crippen LogP contribution is -2.38. The molecule has 0 radical (unpaired) electrons. The van der Waals surface area contributed by atoms with Crippen LogP contribution in [0.5, 0.6) is 23.0 Å². The molecule has 0 fully saturated rings. The van der Waals surface area contributed by atoms with E-state index in [1.54, 1.807) is 30.3 Å². The topological polar surface area (TPSA) is 153 Å². The average molecular weight is 674 g/mol. The van der Waals surface area contributed by atoms with Gasteiger partial charge in [0.25, 0.3) is 15.9 Å². The lowest BCUT2D eigenvalue weighted by Gasteiger charge is -2.32. The molecule has 2 aliphatic rings. The number of hydrogen-bond donors (Lipinski definition) is 0. The van der Waals surface area contributed by atoms with Gasteiger partial charge in [-0.3, -0.25) is 0 Å². The normalized spacial score (nSPS) is 15.3. The Morgan fingerprint density at radius 3 is 2.33 bits per heavy atom. The number of rotatable bonds is 9. The molecule has 0 atom stereocenters. The molecule has 2 heterocycles. The van der Waals surface area contributed by atoms with Crippen molar-refractivity contribution in [3.05, 3.63) is 83.2 Å². The first-order chi connectivity index (χ1) is 21.2. The molecule has 2 aliphatic heterocycles. The van der Waals surface area contributed by atoms with Crippen molar-refractivity contribution >= 4 is 32.1 Å². The summed E-state index contributed by atoms with van der Waals surface area (Å²) in [6.45, 7) is -0.934. The minimum Gasteiger partial charge on any atom is -0.493 e. The minimum absolute atomic E-state index is 0.106. The number of benzene rings is 3. The molecule has 0 amide bonds. The maximum Gasteiger partial charge on any atom is 0.534 e. The Kier molecular flexibility index (Phi) is 8.37. The van der Waals surface area contributed by atoms with Gasteiger partial charge >= 0.3 is 21.8 Å². The third-order valence-corrected chi connectivity index (χ3v) is 9.04. The van der Waals surface area contributed by atoms with E-state index >= 15 is 0 Å². The van der Waals surface area contributed by atoms with Crippen LogP contribution in [-0.4, -0.2) is 53.8 Å². The summed E-state index contributed by atoms with van der Waals surface area (Å²) in [5, 5.41) is 0. The molecule has 0 saturated heterocycles. The third-order valence-electron chi connectivity index (χ3n) is 6.32. The van der Waals surface area contributed by atoms with E-state index in [-0.39, 0.29) is 36.2 Å². The molecule has 5 rings (SSSR count). The molecule has 0 unspecified atom stereocenters. The number of sulfonamides is 1. The van der Waals surface area contributed by atoms with Crippen molar-refractivity contribution in [2.24, 2.45) is 0 Å². The number of halogens is 3. The van der Waals surface area contributed by atoms with Gasteiger partial charge in [0.15, 0.2) is 23.0 Å². The van der Waals surface area contributed by atoms with E-state index in [2.05, 4.69) is 8.92 Å². The number of ether oxygens (including phenoxy) is 6. The molecular weight excluding hydrogens is 651 g/mol. The van der Waals surface area contributed by atoms with Crippen LogP contribution in [0.2, 0.25) is 0 Å². The molecule has 0 N–H and O–H groups in total. The summed E-state index contributed by atoms with van der Waals surface area (Å²) >= 11 is 0. The van der Waals surface area contributed by atoms with Crippen LogP contribution in [0.3, 0.4) is 0 Å². The van der Waals surface area contributed by atoms with Crippen LogP contribution in [0.4, 0.5) is 18.0 Å². The highest BCUT2D eigenvalue weighted by atomic mass is 32.2. The summed E-state index contributed by atoms with van der Waals surface area (Å²) in [7, 11) is -9.30. The van der Waals surface area contributed by atoms with E-state index in [9.17, 15) is 34.8 Å². The second-order valence-electron chi connectivity index (χ2n) is 9.15. The SMILES string of the molecule is COC(=O)OC1=C(OS(=O)(=O)C(F)(F)F)c2cc(OCc3ccccc3)c(OC)cc2S(=O)(=O)N1Cc1ccc2c(c1)OCO2. The van der Waals surface area contributed by atoms with E-state index < -0.39 is 60.5 Å². The standard InChI is InChI=1S/C27H22F3NO12S2/c1-37-20-12-23-18(11-22(20)39-14-16-6-4-3-5-7-16)24(43-45(35,36)27(28,29)30)25(42-26(32)38-2)31(44(23,33)34)13-17-8-9-19-21(10-17)41-15-40-19/h3-12H,13-15H2,1-2H3. The van der Waals surface area contributed by atoms with Gasteiger partial charge in [-0.05, 0) is 29.3 Å². The zero-order chi connectivity index (χ0) is 32.6. The number of hydrogen-bond acceptors (Lipinski definition) is 12. The van der Waals surface area contributed by atoms with Gasteiger partial charge in [-0.2, -0.15) is 21.6 Å². The summed E-state index contributed by atoms with van der Waals surface area (Å²) in [4.78, 5) is 11.5. The minimum atomic E-state index is -6.46. The quantitative estimate of drug-likeness (QED) is 0.179. The summed E-state index contributed by atoms with van der Waals surface area (Å²) in [5.41, 5.74) is -5.88. The highest BCUT2D eigenvalue weighted by Gasteiger charge is 2.52. The predicted molar refractivity (Wildman–Crippen MR) is 146 cm³/mol. The summed E-state index contributed by atoms with van der Waals surface area (Å²) < 4.78 is 129. The van der Waals surface area contributed by atoms with E-state index in [0.717, 1.165) is 19.2 Å². The lowest BCUT2D eigenvalue weighted by molar-refractivity contribution is -0.0511. The molecule has 45 heavy (non-hydrogen) atoms. The van der Waals surface area contributed by atoms with E-state index in [4.69, 9.17) is 23.7 Å². The highest BCUT2D eigenvalue weighted by Crippen LogP contribution is 2.46. The Hall–Kier alpha value is -4.84. The van der Waals surface area contributed by atoms with Gasteiger partial charge in [0.1, 0.15) is 11.5 Å². The Morgan fingerprint density at radius 1 is 0.956 bits per heavy atom. The van der Waals surface area contributed by atoms with Crippen LogP contribution in [-0.2, 0) is 46.9 Å². The first kappa shape index (κ1) is 31.6. The van der Waals surface area contributed by atoms with Crippen molar-refractivity contribution in [3.8, 4) is 23.0 Å². The number of carbonyl (C=O) groups is 1. The fraction of sp³-hybridized carbons (Fsp3) is 0.222. The Balaban J connectivity index is 1.72. The lowest BCUT2D eigenvalue weighted by atomic mass is 10.1. The van der Waals surface area contributed by atoms with Gasteiger partial charge in [-0.15, -0.1) is 0 Å². The second kappa shape index (κ2) is 11.9. The summed E-state index contributed by atoms with van der Waals surface area (Å²) in [6.07, 6.45) is -1.60. The maximum atomic E-state index is 14.1. The van der Waals surface area contributed by atoms with Crippen molar-refractivity contribution in [1.82, 2.24) is 4.31 Å². The van der Waals surface area contributed by atoms with Gasteiger partial charge in [-0.25, -0.2) is 17.5 Å². The molecular formula is C27H22F3NO12S2. The van der Waals surface area contributed by atoms with Gasteiger partial charge in [0, 0.05) is 11.6 Å². The first-order valence-electron chi connectivity index (χ1n) is 12.6. The van der Waals surface area contributed by atoms with E-state index in [1.165, 1.54) is 25.3 Å². The molecule has 0 spiro atoms. The first-order valence-corrected chi connectivity index (χ1v) is 15.4. The van der Waals surface area contributed by atoms with Crippen molar-refractivity contribution in [1.29, 1.82) is 0 Å². The molecule has 3 aromatic carbocycles. The number of nitrogens with zero attached hydrogens (tertiary/aromatic N) is 1. The van der Waals surface area contributed by atoms with Crippen LogP contribution >= 0.6 is 0 Å². The monoisotopic (exact) mass is 673 g/mol. The van der Waals surface area contributed by atoms with Crippen LogP contribution in [0.25, 0.3) is 5.76 Å². The van der Waals surface area contributed by atoms with Crippen LogP contribution in [0.1, 0.15) is 16.7 Å². The summed E-state index contributed by atoms with van der Waals surface area (Å²) in [5.74, 6) is -2.36. The summed E-state index contributed by atoms with van der Waals surface area (Å²) in [6, 6.07) is 14.6. The molecule has 3 aromatic rings. The zero-order valence-corrected chi connectivity index (χ0v) is 24.8. The zero-order valence-electron chi connectivity index (χ0n) is 23.2. The van der Waals surface area contributed by atoms with Crippen LogP contribution in [0.15, 0.2) is 71.4 Å². The van der Waals surface area contributed by atoms with Crippen molar-refractivity contribution in [3.63, 3.8) is 0 Å². The second-order valence-corrected chi connectivity index (χ2v) is 12.5. The third kappa shape index (κ3) is 6.23. The van der Waals surface area contributed by atoms with Crippen molar-refractivity contribution < 1.29 is 67.4 Å². The largest absolute Gasteiger partial charge is 0.534 e. The number of fused-ring (bicyclic) bond motifs is 2. The molecule has 0 aliphatic carbocycles.